The van der Waals surface area contributed by atoms with Crippen molar-refractivity contribution in [3.8, 4) is 0 Å². The monoisotopic (exact) mass is 386 g/mol. The number of nitrogens with one attached hydrogen (secondary N) is 1. The number of aryl methyl sites for hydroxylation is 3. The topological polar surface area (TPSA) is 59.8 Å². The van der Waals surface area contributed by atoms with Gasteiger partial charge in [0, 0.05) is 24.0 Å². The second-order valence-corrected chi connectivity index (χ2v) is 8.30. The van der Waals surface area contributed by atoms with Crippen LogP contribution in [0.1, 0.15) is 27.4 Å². The van der Waals surface area contributed by atoms with Crippen LogP contribution in [0.25, 0.3) is 0 Å². The summed E-state index contributed by atoms with van der Waals surface area (Å²) in [6.45, 7) is 6.09. The van der Waals surface area contributed by atoms with Gasteiger partial charge in [-0.15, -0.1) is 21.5 Å². The molecule has 7 heteroatoms. The van der Waals surface area contributed by atoms with Gasteiger partial charge in [0.05, 0.1) is 5.75 Å². The van der Waals surface area contributed by atoms with Gasteiger partial charge < -0.3 is 9.88 Å². The number of nitrogens with zero attached hydrogens (tertiary/aromatic N) is 3. The quantitative estimate of drug-likeness (QED) is 0.647. The zero-order valence-electron chi connectivity index (χ0n) is 15.4. The maximum absolute atomic E-state index is 12.4. The molecule has 0 bridgehead atoms. The predicted molar refractivity (Wildman–Crippen MR) is 108 cm³/mol. The van der Waals surface area contributed by atoms with Crippen molar-refractivity contribution in [2.45, 2.75) is 32.3 Å². The third kappa shape index (κ3) is 4.34. The molecule has 0 unspecified atom stereocenters. The highest BCUT2D eigenvalue weighted by Gasteiger charge is 2.13. The average Bonchev–Trinajstić information content (AvgIpc) is 3.21. The van der Waals surface area contributed by atoms with Gasteiger partial charge in [-0.25, -0.2) is 0 Å². The minimum Gasteiger partial charge on any atom is -0.325 e. The second-order valence-electron chi connectivity index (χ2n) is 6.32. The van der Waals surface area contributed by atoms with Gasteiger partial charge in [0.1, 0.15) is 5.82 Å². The fourth-order valence-corrected chi connectivity index (χ4v) is 4.31. The zero-order chi connectivity index (χ0) is 18.7. The minimum atomic E-state index is -0.0344. The Morgan fingerprint density at radius 1 is 1.23 bits per heavy atom. The molecule has 0 aliphatic rings. The van der Waals surface area contributed by atoms with Crippen LogP contribution in [0, 0.1) is 20.8 Å². The second kappa shape index (κ2) is 8.05. The van der Waals surface area contributed by atoms with Gasteiger partial charge in [0.25, 0.3) is 0 Å². The summed E-state index contributed by atoms with van der Waals surface area (Å²) in [5.41, 5.74) is 4.26. The van der Waals surface area contributed by atoms with E-state index in [2.05, 4.69) is 46.0 Å². The third-order valence-corrected chi connectivity index (χ3v) is 6.01. The van der Waals surface area contributed by atoms with Crippen LogP contribution in [0.3, 0.4) is 0 Å². The molecule has 0 saturated carbocycles. The molecule has 2 heterocycles. The van der Waals surface area contributed by atoms with Crippen molar-refractivity contribution in [2.24, 2.45) is 7.05 Å². The van der Waals surface area contributed by atoms with E-state index in [1.807, 2.05) is 31.5 Å². The predicted octanol–water partition coefficient (Wildman–Crippen LogP) is 4.12. The Labute approximate surface area is 161 Å². The summed E-state index contributed by atoms with van der Waals surface area (Å²) in [5.74, 6) is 1.17. The zero-order valence-corrected chi connectivity index (χ0v) is 17.0. The van der Waals surface area contributed by atoms with Crippen LogP contribution < -0.4 is 5.32 Å². The van der Waals surface area contributed by atoms with Gasteiger partial charge in [-0.1, -0.05) is 35.5 Å². The maximum atomic E-state index is 12.4. The van der Waals surface area contributed by atoms with Gasteiger partial charge in [-0.2, -0.15) is 0 Å². The molecule has 0 saturated heterocycles. The molecule has 5 nitrogen and oxygen atoms in total. The highest BCUT2D eigenvalue weighted by atomic mass is 32.2. The van der Waals surface area contributed by atoms with Crippen LogP contribution in [-0.2, 0) is 18.3 Å². The van der Waals surface area contributed by atoms with Crippen LogP contribution in [-0.4, -0.2) is 26.4 Å². The molecule has 0 radical (unpaired) electrons. The average molecular weight is 387 g/mol. The van der Waals surface area contributed by atoms with Gasteiger partial charge in [0.2, 0.25) is 5.91 Å². The first-order chi connectivity index (χ1) is 12.4. The summed E-state index contributed by atoms with van der Waals surface area (Å²) < 4.78 is 1.96. The summed E-state index contributed by atoms with van der Waals surface area (Å²) in [4.78, 5) is 13.6. The highest BCUT2D eigenvalue weighted by molar-refractivity contribution is 7.99. The number of thioether (sulfide) groups is 1. The Bertz CT molecular complexity index is 893. The molecular weight excluding hydrogens is 364 g/mol. The lowest BCUT2D eigenvalue weighted by molar-refractivity contribution is -0.113. The number of thiophene rings is 1. The highest BCUT2D eigenvalue weighted by Crippen LogP contribution is 2.23. The smallest absolute Gasteiger partial charge is 0.234 e. The van der Waals surface area contributed by atoms with E-state index < -0.39 is 0 Å². The van der Waals surface area contributed by atoms with Crippen molar-refractivity contribution >= 4 is 34.7 Å². The van der Waals surface area contributed by atoms with E-state index in [1.165, 1.54) is 22.2 Å². The fourth-order valence-electron chi connectivity index (χ4n) is 2.88. The van der Waals surface area contributed by atoms with E-state index >= 15 is 0 Å². The summed E-state index contributed by atoms with van der Waals surface area (Å²) in [5, 5.41) is 14.3. The van der Waals surface area contributed by atoms with E-state index in [0.717, 1.165) is 34.2 Å². The molecule has 0 aliphatic heterocycles. The molecule has 0 aliphatic carbocycles. The third-order valence-electron chi connectivity index (χ3n) is 4.11. The van der Waals surface area contributed by atoms with Crippen LogP contribution in [0.5, 0.6) is 0 Å². The van der Waals surface area contributed by atoms with E-state index in [0.29, 0.717) is 5.75 Å². The standard InChI is InChI=1S/C19H22N4OS2/c1-12-8-13(2)18(14(3)9-12)20-17(24)11-26-19-22-21-16(23(19)4)10-15-6-5-7-25-15/h5-9H,10-11H2,1-4H3,(H,20,24). The maximum Gasteiger partial charge on any atom is 0.234 e. The summed E-state index contributed by atoms with van der Waals surface area (Å²) in [6.07, 6.45) is 0.760. The van der Waals surface area contributed by atoms with Gasteiger partial charge in [0.15, 0.2) is 5.16 Å². The summed E-state index contributed by atoms with van der Waals surface area (Å²) >= 11 is 3.11. The number of carbonyl (C=O) groups excluding carboxylic acids is 1. The van der Waals surface area contributed by atoms with Gasteiger partial charge >= 0.3 is 0 Å². The molecule has 26 heavy (non-hydrogen) atoms. The van der Waals surface area contributed by atoms with E-state index in [9.17, 15) is 4.79 Å². The first-order valence-corrected chi connectivity index (χ1v) is 10.2. The molecule has 3 rings (SSSR count). The SMILES string of the molecule is Cc1cc(C)c(NC(=O)CSc2nnc(Cc3cccs3)n2C)c(C)c1. The number of carbonyl (C=O) groups is 1. The normalized spacial score (nSPS) is 10.9. The van der Waals surface area contributed by atoms with Crippen LogP contribution >= 0.6 is 23.1 Å². The molecule has 0 atom stereocenters. The van der Waals surface area contributed by atoms with Crippen molar-refractivity contribution in [1.82, 2.24) is 14.8 Å². The van der Waals surface area contributed by atoms with Crippen molar-refractivity contribution in [3.63, 3.8) is 0 Å². The molecule has 0 fully saturated rings. The van der Waals surface area contributed by atoms with E-state index in [1.54, 1.807) is 11.3 Å². The lowest BCUT2D eigenvalue weighted by Gasteiger charge is -2.12. The van der Waals surface area contributed by atoms with Crippen molar-refractivity contribution in [3.05, 3.63) is 57.0 Å². The molecule has 1 aromatic carbocycles. The Morgan fingerprint density at radius 2 is 1.96 bits per heavy atom. The number of rotatable bonds is 6. The number of aromatic nitrogens is 3. The Hall–Kier alpha value is -2.12. The lowest BCUT2D eigenvalue weighted by Crippen LogP contribution is -2.16. The first kappa shape index (κ1) is 18.7. The van der Waals surface area contributed by atoms with Crippen molar-refractivity contribution < 1.29 is 4.79 Å². The molecule has 1 amide bonds. The molecular formula is C19H22N4OS2. The van der Waals surface area contributed by atoms with Gasteiger partial charge in [-0.3, -0.25) is 4.79 Å². The van der Waals surface area contributed by atoms with Crippen LogP contribution in [0.2, 0.25) is 0 Å². The number of hydrogen-bond donors (Lipinski definition) is 1. The minimum absolute atomic E-state index is 0.0344. The Morgan fingerprint density at radius 3 is 2.62 bits per heavy atom. The molecule has 3 aromatic rings. The lowest BCUT2D eigenvalue weighted by atomic mass is 10.1. The Kier molecular flexibility index (Phi) is 5.78. The number of benzene rings is 1. The molecule has 0 spiro atoms. The number of amides is 1. The largest absolute Gasteiger partial charge is 0.325 e. The van der Waals surface area contributed by atoms with Crippen molar-refractivity contribution in [2.75, 3.05) is 11.1 Å². The first-order valence-electron chi connectivity index (χ1n) is 8.35. The summed E-state index contributed by atoms with van der Waals surface area (Å²) in [7, 11) is 1.94. The number of anilines is 1. The molecule has 2 aromatic heterocycles. The van der Waals surface area contributed by atoms with Gasteiger partial charge in [-0.05, 0) is 43.3 Å². The Balaban J connectivity index is 1.61. The van der Waals surface area contributed by atoms with Crippen LogP contribution in [0.4, 0.5) is 5.69 Å². The number of hydrogen-bond acceptors (Lipinski definition) is 5. The molecule has 1 N–H and O–H groups in total. The van der Waals surface area contributed by atoms with Crippen LogP contribution in [0.15, 0.2) is 34.8 Å². The molecule has 136 valence electrons. The fraction of sp³-hybridized carbons (Fsp3) is 0.316. The van der Waals surface area contributed by atoms with E-state index in [-0.39, 0.29) is 5.91 Å². The van der Waals surface area contributed by atoms with Crippen molar-refractivity contribution in [1.29, 1.82) is 0 Å². The van der Waals surface area contributed by atoms with E-state index in [4.69, 9.17) is 0 Å². The summed E-state index contributed by atoms with van der Waals surface area (Å²) in [6, 6.07) is 8.28.